The lowest BCUT2D eigenvalue weighted by atomic mass is 10.1. The summed E-state index contributed by atoms with van der Waals surface area (Å²) in [5, 5.41) is 7.84. The zero-order valence-electron chi connectivity index (χ0n) is 6.63. The van der Waals surface area contributed by atoms with Crippen LogP contribution in [0.4, 0.5) is 0 Å². The minimum absolute atomic E-state index is 0.480. The third-order valence-corrected chi connectivity index (χ3v) is 1.51. The molecule has 1 aromatic heterocycles. The van der Waals surface area contributed by atoms with Crippen molar-refractivity contribution in [2.45, 2.75) is 26.7 Å². The van der Waals surface area contributed by atoms with Crippen molar-refractivity contribution in [3.05, 3.63) is 23.5 Å². The van der Waals surface area contributed by atoms with E-state index in [4.69, 9.17) is 0 Å². The molecule has 54 valence electrons. The smallest absolute Gasteiger partial charge is 0.0685 e. The fourth-order valence-electron chi connectivity index (χ4n) is 0.976. The highest BCUT2D eigenvalue weighted by molar-refractivity contribution is 5.17. The number of rotatable bonds is 1. The highest BCUT2D eigenvalue weighted by atomic mass is 15.1. The van der Waals surface area contributed by atoms with Gasteiger partial charge in [-0.1, -0.05) is 13.8 Å². The Morgan fingerprint density at radius 3 is 2.50 bits per heavy atom. The molecule has 2 heteroatoms. The van der Waals surface area contributed by atoms with Crippen LogP contribution >= 0.6 is 0 Å². The number of hydrogen-bond donors (Lipinski definition) is 0. The summed E-state index contributed by atoms with van der Waals surface area (Å²) in [4.78, 5) is 0. The lowest BCUT2D eigenvalue weighted by Crippen LogP contribution is -1.97. The van der Waals surface area contributed by atoms with Crippen LogP contribution in [0.15, 0.2) is 12.3 Å². The first-order chi connectivity index (χ1) is 4.72. The predicted octanol–water partition coefficient (Wildman–Crippen LogP) is 1.91. The molecule has 0 aliphatic heterocycles. The topological polar surface area (TPSA) is 25.8 Å². The summed E-state index contributed by atoms with van der Waals surface area (Å²) < 4.78 is 0. The van der Waals surface area contributed by atoms with E-state index >= 15 is 0 Å². The average molecular weight is 136 g/mol. The van der Waals surface area contributed by atoms with Gasteiger partial charge >= 0.3 is 0 Å². The van der Waals surface area contributed by atoms with Gasteiger partial charge in [-0.25, -0.2) is 0 Å². The summed E-state index contributed by atoms with van der Waals surface area (Å²) in [5.41, 5.74) is 2.33. The molecule has 0 amide bonds. The first-order valence-corrected chi connectivity index (χ1v) is 3.50. The standard InChI is InChI=1S/C8H12N2/c1-6(2)8-7(3)4-5-9-10-8/h4-6H,1-3H3. The fourth-order valence-corrected chi connectivity index (χ4v) is 0.976. The van der Waals surface area contributed by atoms with Gasteiger partial charge in [-0.2, -0.15) is 10.2 Å². The van der Waals surface area contributed by atoms with Gasteiger partial charge in [0, 0.05) is 6.20 Å². The van der Waals surface area contributed by atoms with Crippen LogP contribution in [0.2, 0.25) is 0 Å². The first kappa shape index (κ1) is 7.19. The summed E-state index contributed by atoms with van der Waals surface area (Å²) >= 11 is 0. The normalized spacial score (nSPS) is 10.4. The van der Waals surface area contributed by atoms with Gasteiger partial charge in [-0.05, 0) is 24.5 Å². The summed E-state index contributed by atoms with van der Waals surface area (Å²) in [6, 6.07) is 1.99. The highest BCUT2D eigenvalue weighted by Gasteiger charge is 2.02. The second kappa shape index (κ2) is 2.78. The largest absolute Gasteiger partial charge is 0.159 e. The molecular formula is C8H12N2. The Kier molecular flexibility index (Phi) is 2.00. The predicted molar refractivity (Wildman–Crippen MR) is 40.9 cm³/mol. The van der Waals surface area contributed by atoms with Crippen LogP contribution in [0.25, 0.3) is 0 Å². The Balaban J connectivity index is 3.03. The van der Waals surface area contributed by atoms with Crippen molar-refractivity contribution < 1.29 is 0 Å². The molecule has 0 bridgehead atoms. The summed E-state index contributed by atoms with van der Waals surface area (Å²) in [6.45, 7) is 6.30. The second-order valence-electron chi connectivity index (χ2n) is 2.75. The molecule has 0 spiro atoms. The van der Waals surface area contributed by atoms with Crippen molar-refractivity contribution in [3.8, 4) is 0 Å². The van der Waals surface area contributed by atoms with Crippen LogP contribution < -0.4 is 0 Å². The first-order valence-electron chi connectivity index (χ1n) is 3.50. The van der Waals surface area contributed by atoms with Gasteiger partial charge in [-0.3, -0.25) is 0 Å². The Morgan fingerprint density at radius 1 is 1.40 bits per heavy atom. The lowest BCUT2D eigenvalue weighted by molar-refractivity contribution is 0.774. The molecule has 0 N–H and O–H groups in total. The number of aryl methyl sites for hydroxylation is 1. The van der Waals surface area contributed by atoms with E-state index < -0.39 is 0 Å². The molecule has 0 radical (unpaired) electrons. The van der Waals surface area contributed by atoms with Crippen molar-refractivity contribution in [2.24, 2.45) is 0 Å². The number of hydrogen-bond acceptors (Lipinski definition) is 2. The highest BCUT2D eigenvalue weighted by Crippen LogP contribution is 2.13. The van der Waals surface area contributed by atoms with Crippen LogP contribution in [-0.2, 0) is 0 Å². The molecule has 1 heterocycles. The number of nitrogens with zero attached hydrogens (tertiary/aromatic N) is 2. The molecule has 1 rings (SSSR count). The van der Waals surface area contributed by atoms with E-state index in [1.54, 1.807) is 6.20 Å². The van der Waals surface area contributed by atoms with Crippen molar-refractivity contribution in [1.29, 1.82) is 0 Å². The van der Waals surface area contributed by atoms with Crippen molar-refractivity contribution in [2.75, 3.05) is 0 Å². The zero-order chi connectivity index (χ0) is 7.56. The van der Waals surface area contributed by atoms with E-state index in [-0.39, 0.29) is 0 Å². The second-order valence-corrected chi connectivity index (χ2v) is 2.75. The van der Waals surface area contributed by atoms with E-state index in [2.05, 4.69) is 31.0 Å². The van der Waals surface area contributed by atoms with Crippen molar-refractivity contribution in [1.82, 2.24) is 10.2 Å². The average Bonchev–Trinajstić information content (AvgIpc) is 1.88. The van der Waals surface area contributed by atoms with Crippen LogP contribution in [0.5, 0.6) is 0 Å². The van der Waals surface area contributed by atoms with Gasteiger partial charge in [0.2, 0.25) is 0 Å². The molecule has 2 nitrogen and oxygen atoms in total. The maximum Gasteiger partial charge on any atom is 0.0685 e. The maximum absolute atomic E-state index is 4.03. The molecule has 0 fully saturated rings. The third-order valence-electron chi connectivity index (χ3n) is 1.51. The Hall–Kier alpha value is -0.920. The van der Waals surface area contributed by atoms with Gasteiger partial charge in [0.25, 0.3) is 0 Å². The third kappa shape index (κ3) is 1.32. The van der Waals surface area contributed by atoms with Crippen LogP contribution in [-0.4, -0.2) is 10.2 Å². The maximum atomic E-state index is 4.03. The van der Waals surface area contributed by atoms with Crippen LogP contribution in [0.1, 0.15) is 31.0 Å². The van der Waals surface area contributed by atoms with E-state index in [1.165, 1.54) is 5.56 Å². The van der Waals surface area contributed by atoms with E-state index in [0.29, 0.717) is 5.92 Å². The summed E-state index contributed by atoms with van der Waals surface area (Å²) in [6.07, 6.45) is 1.72. The lowest BCUT2D eigenvalue weighted by Gasteiger charge is -2.04. The van der Waals surface area contributed by atoms with Crippen LogP contribution in [0.3, 0.4) is 0 Å². The molecular weight excluding hydrogens is 124 g/mol. The van der Waals surface area contributed by atoms with E-state index in [9.17, 15) is 0 Å². The molecule has 0 saturated carbocycles. The quantitative estimate of drug-likeness (QED) is 0.589. The summed E-state index contributed by atoms with van der Waals surface area (Å²) in [7, 11) is 0. The molecule has 10 heavy (non-hydrogen) atoms. The fraction of sp³-hybridized carbons (Fsp3) is 0.500. The van der Waals surface area contributed by atoms with Crippen LogP contribution in [0, 0.1) is 6.92 Å². The SMILES string of the molecule is Cc1ccnnc1C(C)C. The van der Waals surface area contributed by atoms with Gasteiger partial charge in [-0.15, -0.1) is 0 Å². The molecule has 1 aromatic rings. The monoisotopic (exact) mass is 136 g/mol. The minimum atomic E-state index is 0.480. The Labute approximate surface area is 61.3 Å². The number of aromatic nitrogens is 2. The Morgan fingerprint density at radius 2 is 2.10 bits per heavy atom. The van der Waals surface area contributed by atoms with E-state index in [0.717, 1.165) is 5.69 Å². The summed E-state index contributed by atoms with van der Waals surface area (Å²) in [5.74, 6) is 0.480. The van der Waals surface area contributed by atoms with Gasteiger partial charge < -0.3 is 0 Å². The van der Waals surface area contributed by atoms with Gasteiger partial charge in [0.15, 0.2) is 0 Å². The minimum Gasteiger partial charge on any atom is -0.159 e. The molecule has 0 aromatic carbocycles. The van der Waals surface area contributed by atoms with Gasteiger partial charge in [0.05, 0.1) is 5.69 Å². The van der Waals surface area contributed by atoms with Gasteiger partial charge in [0.1, 0.15) is 0 Å². The zero-order valence-corrected chi connectivity index (χ0v) is 6.63. The molecule has 0 atom stereocenters. The Bertz CT molecular complexity index is 218. The molecule has 0 aliphatic carbocycles. The van der Waals surface area contributed by atoms with E-state index in [1.807, 2.05) is 6.07 Å². The molecule has 0 unspecified atom stereocenters. The van der Waals surface area contributed by atoms with Crippen molar-refractivity contribution >= 4 is 0 Å². The molecule has 0 aliphatic rings. The van der Waals surface area contributed by atoms with Crippen molar-refractivity contribution in [3.63, 3.8) is 0 Å². The molecule has 0 saturated heterocycles.